The molecule has 5 heteroatoms. The highest BCUT2D eigenvalue weighted by atomic mass is 17.2. The third-order valence-corrected chi connectivity index (χ3v) is 2.33. The second-order valence-electron chi connectivity index (χ2n) is 4.46. The van der Waals surface area contributed by atoms with Gasteiger partial charge in [-0.3, -0.25) is 0 Å². The monoisotopic (exact) mass is 218 g/mol. The van der Waals surface area contributed by atoms with Crippen molar-refractivity contribution >= 4 is 7.32 Å². The first kappa shape index (κ1) is 14.9. The van der Waals surface area contributed by atoms with Crippen LogP contribution >= 0.6 is 0 Å². The first-order chi connectivity index (χ1) is 7.02. The quantitative estimate of drug-likeness (QED) is 0.268. The molecule has 0 aromatic heterocycles. The van der Waals surface area contributed by atoms with Gasteiger partial charge in [-0.05, 0) is 18.3 Å². The lowest BCUT2D eigenvalue weighted by Crippen LogP contribution is -2.18. The highest BCUT2D eigenvalue weighted by Crippen LogP contribution is 2.15. The van der Waals surface area contributed by atoms with Crippen LogP contribution in [0, 0.1) is 11.8 Å². The summed E-state index contributed by atoms with van der Waals surface area (Å²) in [5.41, 5.74) is 0. The molecule has 4 nitrogen and oxygen atoms in total. The molecule has 0 aliphatic carbocycles. The van der Waals surface area contributed by atoms with Crippen LogP contribution in [0.4, 0.5) is 0 Å². The van der Waals surface area contributed by atoms with Gasteiger partial charge in [-0.15, -0.1) is 0 Å². The average molecular weight is 218 g/mol. The maximum absolute atomic E-state index is 8.33. The van der Waals surface area contributed by atoms with E-state index in [-0.39, 0.29) is 0 Å². The lowest BCUT2D eigenvalue weighted by Gasteiger charge is -2.11. The van der Waals surface area contributed by atoms with Crippen LogP contribution < -0.4 is 0 Å². The Balaban J connectivity index is 3.22. The minimum absolute atomic E-state index is 0.403. The first-order valence-electron chi connectivity index (χ1n) is 5.66. The van der Waals surface area contributed by atoms with Gasteiger partial charge in [0, 0.05) is 0 Å². The smallest absolute Gasteiger partial charge is 0.400 e. The van der Waals surface area contributed by atoms with E-state index in [4.69, 9.17) is 10.0 Å². The third kappa shape index (κ3) is 11.8. The molecule has 0 aliphatic heterocycles. The normalized spacial score (nSPS) is 13.2. The van der Waals surface area contributed by atoms with Crippen molar-refractivity contribution in [2.75, 3.05) is 6.61 Å². The van der Waals surface area contributed by atoms with E-state index in [1.807, 2.05) is 0 Å². The second kappa shape index (κ2) is 9.15. The zero-order valence-corrected chi connectivity index (χ0v) is 9.98. The molecule has 0 saturated heterocycles. The van der Waals surface area contributed by atoms with Crippen molar-refractivity contribution in [1.29, 1.82) is 0 Å². The molecule has 2 N–H and O–H groups in total. The highest BCUT2D eigenvalue weighted by Gasteiger charge is 2.10. The molecule has 0 radical (unpaired) electrons. The summed E-state index contributed by atoms with van der Waals surface area (Å²) < 4.78 is 0. The highest BCUT2D eigenvalue weighted by molar-refractivity contribution is 6.32. The molecule has 0 rings (SSSR count). The SMILES string of the molecule is CC(C)CCCC(C)CCOOB(O)O. The van der Waals surface area contributed by atoms with Crippen molar-refractivity contribution in [2.24, 2.45) is 11.8 Å². The largest absolute Gasteiger partial charge is 0.662 e. The molecule has 0 aliphatic rings. The summed E-state index contributed by atoms with van der Waals surface area (Å²) in [4.78, 5) is 8.74. The summed E-state index contributed by atoms with van der Waals surface area (Å²) in [6.07, 6.45) is 4.56. The van der Waals surface area contributed by atoms with Crippen LogP contribution in [0.15, 0.2) is 0 Å². The van der Waals surface area contributed by atoms with Gasteiger partial charge >= 0.3 is 7.32 Å². The van der Waals surface area contributed by atoms with E-state index in [0.29, 0.717) is 12.5 Å². The number of hydrogen-bond acceptors (Lipinski definition) is 4. The van der Waals surface area contributed by atoms with Gasteiger partial charge in [0.05, 0.1) is 6.61 Å². The fourth-order valence-electron chi connectivity index (χ4n) is 1.38. The Kier molecular flexibility index (Phi) is 9.10. The van der Waals surface area contributed by atoms with Crippen molar-refractivity contribution in [3.63, 3.8) is 0 Å². The molecule has 90 valence electrons. The maximum Gasteiger partial charge on any atom is 0.662 e. The van der Waals surface area contributed by atoms with E-state index in [1.54, 1.807) is 0 Å². The second-order valence-corrected chi connectivity index (χ2v) is 4.46. The van der Waals surface area contributed by atoms with Crippen molar-refractivity contribution in [1.82, 2.24) is 0 Å². The van der Waals surface area contributed by atoms with E-state index in [0.717, 1.165) is 12.3 Å². The summed E-state index contributed by atoms with van der Waals surface area (Å²) in [5, 5.41) is 16.7. The van der Waals surface area contributed by atoms with E-state index in [2.05, 4.69) is 30.5 Å². The lowest BCUT2D eigenvalue weighted by atomic mass is 9.98. The van der Waals surface area contributed by atoms with Crippen LogP contribution in [-0.4, -0.2) is 24.0 Å². The van der Waals surface area contributed by atoms with Gasteiger partial charge in [0.25, 0.3) is 0 Å². The van der Waals surface area contributed by atoms with Gasteiger partial charge in [0.1, 0.15) is 0 Å². The first-order valence-corrected chi connectivity index (χ1v) is 5.66. The van der Waals surface area contributed by atoms with E-state index in [9.17, 15) is 0 Å². The Hall–Kier alpha value is -0.0951. The molecule has 0 heterocycles. The molecule has 0 bridgehead atoms. The van der Waals surface area contributed by atoms with E-state index < -0.39 is 7.32 Å². The van der Waals surface area contributed by atoms with E-state index in [1.165, 1.54) is 19.3 Å². The summed E-state index contributed by atoms with van der Waals surface area (Å²) in [7, 11) is -1.83. The summed E-state index contributed by atoms with van der Waals surface area (Å²) >= 11 is 0. The van der Waals surface area contributed by atoms with Gasteiger partial charge in [-0.25, -0.2) is 9.69 Å². The molecule has 15 heavy (non-hydrogen) atoms. The summed E-state index contributed by atoms with van der Waals surface area (Å²) in [6, 6.07) is 0. The molecule has 0 fully saturated rings. The predicted octanol–water partition coefficient (Wildman–Crippen LogP) is 1.76. The molecule has 0 aromatic rings. The fraction of sp³-hybridized carbons (Fsp3) is 1.00. The number of hydrogen-bond donors (Lipinski definition) is 2. The minimum Gasteiger partial charge on any atom is -0.400 e. The van der Waals surface area contributed by atoms with Crippen LogP contribution in [0.1, 0.15) is 46.5 Å². The van der Waals surface area contributed by atoms with Crippen LogP contribution in [0.3, 0.4) is 0 Å². The molecule has 0 spiro atoms. The van der Waals surface area contributed by atoms with Crippen molar-refractivity contribution in [3.05, 3.63) is 0 Å². The maximum atomic E-state index is 8.33. The van der Waals surface area contributed by atoms with Crippen molar-refractivity contribution in [3.8, 4) is 0 Å². The standard InChI is InChI=1S/C10H23BO4/c1-9(2)5-4-6-10(3)7-8-14-15-11(12)13/h9-10,12-13H,4-8H2,1-3H3. The van der Waals surface area contributed by atoms with Crippen LogP contribution in [0.25, 0.3) is 0 Å². The van der Waals surface area contributed by atoms with E-state index >= 15 is 0 Å². The molecular weight excluding hydrogens is 195 g/mol. The summed E-state index contributed by atoms with van der Waals surface area (Å²) in [5.74, 6) is 1.35. The van der Waals surface area contributed by atoms with Gasteiger partial charge in [0.15, 0.2) is 0 Å². The Morgan fingerprint density at radius 2 is 1.73 bits per heavy atom. The zero-order valence-electron chi connectivity index (χ0n) is 9.98. The zero-order chi connectivity index (χ0) is 11.7. The molecule has 0 amide bonds. The van der Waals surface area contributed by atoms with Crippen LogP contribution in [0.2, 0.25) is 0 Å². The molecular formula is C10H23BO4. The molecule has 0 saturated carbocycles. The van der Waals surface area contributed by atoms with Gasteiger partial charge in [-0.1, -0.05) is 40.0 Å². The topological polar surface area (TPSA) is 58.9 Å². The molecule has 1 unspecified atom stereocenters. The Morgan fingerprint density at radius 1 is 1.07 bits per heavy atom. The van der Waals surface area contributed by atoms with Gasteiger partial charge < -0.3 is 10.0 Å². The fourth-order valence-corrected chi connectivity index (χ4v) is 1.38. The Bertz CT molecular complexity index is 141. The average Bonchev–Trinajstić information content (AvgIpc) is 2.11. The Morgan fingerprint density at radius 3 is 2.27 bits per heavy atom. The predicted molar refractivity (Wildman–Crippen MR) is 59.7 cm³/mol. The van der Waals surface area contributed by atoms with Crippen molar-refractivity contribution < 1.29 is 19.7 Å². The number of rotatable bonds is 9. The minimum atomic E-state index is -1.83. The van der Waals surface area contributed by atoms with Gasteiger partial charge in [-0.2, -0.15) is 0 Å². The Labute approximate surface area is 92.7 Å². The molecule has 1 atom stereocenters. The summed E-state index contributed by atoms with van der Waals surface area (Å²) in [6.45, 7) is 7.02. The van der Waals surface area contributed by atoms with Gasteiger partial charge in [0.2, 0.25) is 0 Å². The van der Waals surface area contributed by atoms with Crippen LogP contribution in [-0.2, 0) is 9.69 Å². The third-order valence-electron chi connectivity index (χ3n) is 2.33. The lowest BCUT2D eigenvalue weighted by molar-refractivity contribution is -0.236. The van der Waals surface area contributed by atoms with Crippen molar-refractivity contribution in [2.45, 2.75) is 46.5 Å². The molecule has 0 aromatic carbocycles. The van der Waals surface area contributed by atoms with Crippen LogP contribution in [0.5, 0.6) is 0 Å².